The summed E-state index contributed by atoms with van der Waals surface area (Å²) in [7, 11) is 2.17. The van der Waals surface area contributed by atoms with E-state index in [0.717, 1.165) is 13.1 Å². The van der Waals surface area contributed by atoms with Crippen LogP contribution in [0.4, 0.5) is 0 Å². The summed E-state index contributed by atoms with van der Waals surface area (Å²) in [5, 5.41) is 15.1. The number of hydrogen-bond acceptors (Lipinski definition) is 4. The first-order valence-corrected chi connectivity index (χ1v) is 5.95. The van der Waals surface area contributed by atoms with Gasteiger partial charge in [-0.05, 0) is 33.4 Å². The lowest BCUT2D eigenvalue weighted by Gasteiger charge is -2.35. The number of nitrogens with zero attached hydrogens (tertiary/aromatic N) is 2. The van der Waals surface area contributed by atoms with Crippen LogP contribution in [0, 0.1) is 5.92 Å². The van der Waals surface area contributed by atoms with Gasteiger partial charge < -0.3 is 21.2 Å². The molecular formula is C11H24N4O. The van der Waals surface area contributed by atoms with Crippen molar-refractivity contribution in [2.24, 2.45) is 16.8 Å². The van der Waals surface area contributed by atoms with Crippen molar-refractivity contribution in [1.82, 2.24) is 10.2 Å². The fourth-order valence-electron chi connectivity index (χ4n) is 2.02. The van der Waals surface area contributed by atoms with Gasteiger partial charge in [0.05, 0.1) is 0 Å². The van der Waals surface area contributed by atoms with Crippen molar-refractivity contribution in [3.05, 3.63) is 0 Å². The largest absolute Gasteiger partial charge is 0.409 e. The van der Waals surface area contributed by atoms with Crippen LogP contribution in [-0.4, -0.2) is 48.2 Å². The molecule has 0 aromatic carbocycles. The molecule has 0 saturated carbocycles. The average Bonchev–Trinajstić information content (AvgIpc) is 2.29. The zero-order valence-corrected chi connectivity index (χ0v) is 10.5. The molecule has 0 amide bonds. The van der Waals surface area contributed by atoms with Crippen molar-refractivity contribution in [1.29, 1.82) is 0 Å². The van der Waals surface area contributed by atoms with Crippen LogP contribution >= 0.6 is 0 Å². The highest BCUT2D eigenvalue weighted by Crippen LogP contribution is 2.15. The Morgan fingerprint density at radius 2 is 2.38 bits per heavy atom. The fraction of sp³-hybridized carbons (Fsp3) is 0.909. The van der Waals surface area contributed by atoms with Crippen LogP contribution in [0.25, 0.3) is 0 Å². The first kappa shape index (κ1) is 13.3. The van der Waals surface area contributed by atoms with Crippen molar-refractivity contribution in [3.8, 4) is 0 Å². The van der Waals surface area contributed by atoms with Crippen molar-refractivity contribution in [2.75, 3.05) is 20.1 Å². The lowest BCUT2D eigenvalue weighted by molar-refractivity contribution is 0.168. The van der Waals surface area contributed by atoms with E-state index in [1.54, 1.807) is 0 Å². The third-order valence-electron chi connectivity index (χ3n) is 3.54. The topological polar surface area (TPSA) is 73.9 Å². The molecule has 0 aromatic heterocycles. The van der Waals surface area contributed by atoms with E-state index in [1.807, 2.05) is 6.92 Å². The molecule has 3 unspecified atom stereocenters. The summed E-state index contributed by atoms with van der Waals surface area (Å²) in [5.41, 5.74) is 5.53. The lowest BCUT2D eigenvalue weighted by atomic mass is 9.98. The van der Waals surface area contributed by atoms with E-state index in [-0.39, 0.29) is 5.92 Å². The highest BCUT2D eigenvalue weighted by molar-refractivity contribution is 5.82. The second-order valence-corrected chi connectivity index (χ2v) is 4.89. The number of amidine groups is 1. The van der Waals surface area contributed by atoms with Crippen molar-refractivity contribution >= 4 is 5.84 Å². The Balaban J connectivity index is 2.28. The number of rotatable bonds is 4. The third-order valence-corrected chi connectivity index (χ3v) is 3.54. The summed E-state index contributed by atoms with van der Waals surface area (Å²) in [5.74, 6) is 0.383. The van der Waals surface area contributed by atoms with Gasteiger partial charge in [-0.15, -0.1) is 0 Å². The molecule has 5 nitrogen and oxygen atoms in total. The molecule has 1 saturated heterocycles. The van der Waals surface area contributed by atoms with E-state index in [2.05, 4.69) is 29.3 Å². The Labute approximate surface area is 97.7 Å². The minimum atomic E-state index is 0.0833. The molecule has 94 valence electrons. The summed E-state index contributed by atoms with van der Waals surface area (Å²) in [4.78, 5) is 2.38. The number of nitrogens with two attached hydrogens (primary N) is 1. The molecular weight excluding hydrogens is 204 g/mol. The first-order valence-electron chi connectivity index (χ1n) is 5.95. The van der Waals surface area contributed by atoms with Crippen molar-refractivity contribution in [2.45, 2.75) is 38.8 Å². The average molecular weight is 228 g/mol. The highest BCUT2D eigenvalue weighted by atomic mass is 16.4. The van der Waals surface area contributed by atoms with Gasteiger partial charge in [0.2, 0.25) is 0 Å². The quantitative estimate of drug-likeness (QED) is 0.282. The van der Waals surface area contributed by atoms with Gasteiger partial charge in [-0.3, -0.25) is 0 Å². The minimum Gasteiger partial charge on any atom is -0.409 e. The zero-order chi connectivity index (χ0) is 12.1. The smallest absolute Gasteiger partial charge is 0.143 e. The Morgan fingerprint density at radius 3 is 2.94 bits per heavy atom. The van der Waals surface area contributed by atoms with Gasteiger partial charge in [0.1, 0.15) is 5.84 Å². The SMILES string of the molecule is CC(CNC1CCN(C)C(C)C1)C(N)=NO. The summed E-state index contributed by atoms with van der Waals surface area (Å²) in [6, 6.07) is 1.19. The lowest BCUT2D eigenvalue weighted by Crippen LogP contribution is -2.47. The summed E-state index contributed by atoms with van der Waals surface area (Å²) >= 11 is 0. The fourth-order valence-corrected chi connectivity index (χ4v) is 2.02. The Bertz CT molecular complexity index is 244. The zero-order valence-electron chi connectivity index (χ0n) is 10.5. The van der Waals surface area contributed by atoms with Crippen LogP contribution in [-0.2, 0) is 0 Å². The Morgan fingerprint density at radius 1 is 1.69 bits per heavy atom. The van der Waals surface area contributed by atoms with E-state index >= 15 is 0 Å². The van der Waals surface area contributed by atoms with E-state index < -0.39 is 0 Å². The Kier molecular flexibility index (Phi) is 5.02. The van der Waals surface area contributed by atoms with E-state index in [4.69, 9.17) is 10.9 Å². The molecule has 1 aliphatic heterocycles. The maximum atomic E-state index is 8.55. The minimum absolute atomic E-state index is 0.0833. The van der Waals surface area contributed by atoms with E-state index in [1.165, 1.54) is 12.8 Å². The molecule has 0 radical (unpaired) electrons. The normalized spacial score (nSPS) is 30.3. The molecule has 0 bridgehead atoms. The van der Waals surface area contributed by atoms with Gasteiger partial charge in [0, 0.05) is 24.5 Å². The Hall–Kier alpha value is -0.810. The summed E-state index contributed by atoms with van der Waals surface area (Å²) in [6.45, 7) is 6.12. The van der Waals surface area contributed by atoms with Gasteiger partial charge in [-0.25, -0.2) is 0 Å². The maximum Gasteiger partial charge on any atom is 0.143 e. The molecule has 1 rings (SSSR count). The van der Waals surface area contributed by atoms with Crippen LogP contribution < -0.4 is 11.1 Å². The molecule has 0 aliphatic carbocycles. The molecule has 1 fully saturated rings. The van der Waals surface area contributed by atoms with Crippen LogP contribution in [0.5, 0.6) is 0 Å². The molecule has 4 N–H and O–H groups in total. The predicted octanol–water partition coefficient (Wildman–Crippen LogP) is 0.441. The van der Waals surface area contributed by atoms with Crippen molar-refractivity contribution < 1.29 is 5.21 Å². The first-order chi connectivity index (χ1) is 7.54. The van der Waals surface area contributed by atoms with E-state index in [0.29, 0.717) is 17.9 Å². The third kappa shape index (κ3) is 3.64. The van der Waals surface area contributed by atoms with Gasteiger partial charge in [-0.1, -0.05) is 12.1 Å². The maximum absolute atomic E-state index is 8.55. The van der Waals surface area contributed by atoms with Crippen molar-refractivity contribution in [3.63, 3.8) is 0 Å². The predicted molar refractivity (Wildman–Crippen MR) is 65.7 cm³/mol. The summed E-state index contributed by atoms with van der Waals surface area (Å²) in [6.07, 6.45) is 2.34. The molecule has 0 aromatic rings. The van der Waals surface area contributed by atoms with Gasteiger partial charge in [-0.2, -0.15) is 0 Å². The molecule has 3 atom stereocenters. The second-order valence-electron chi connectivity index (χ2n) is 4.89. The van der Waals surface area contributed by atoms with Crippen LogP contribution in [0.2, 0.25) is 0 Å². The molecule has 16 heavy (non-hydrogen) atoms. The van der Waals surface area contributed by atoms with Crippen LogP contribution in [0.1, 0.15) is 26.7 Å². The van der Waals surface area contributed by atoms with Gasteiger partial charge in [0.25, 0.3) is 0 Å². The van der Waals surface area contributed by atoms with Gasteiger partial charge >= 0.3 is 0 Å². The standard InChI is InChI=1S/C11H24N4O/c1-8(11(12)14-16)7-13-10-4-5-15(3)9(2)6-10/h8-10,13,16H,4-7H2,1-3H3,(H2,12,14). The molecule has 0 spiro atoms. The number of likely N-dealkylation sites (tertiary alicyclic amines) is 1. The molecule has 1 aliphatic rings. The number of nitrogens with one attached hydrogen (secondary N) is 1. The van der Waals surface area contributed by atoms with Gasteiger partial charge in [0.15, 0.2) is 0 Å². The number of oxime groups is 1. The highest BCUT2D eigenvalue weighted by Gasteiger charge is 2.22. The van der Waals surface area contributed by atoms with Crippen LogP contribution in [0.3, 0.4) is 0 Å². The number of piperidine rings is 1. The van der Waals surface area contributed by atoms with E-state index in [9.17, 15) is 0 Å². The molecule has 5 heteroatoms. The molecule has 1 heterocycles. The number of hydrogen-bond donors (Lipinski definition) is 3. The second kappa shape index (κ2) is 6.06. The monoisotopic (exact) mass is 228 g/mol. The van der Waals surface area contributed by atoms with Crippen LogP contribution in [0.15, 0.2) is 5.16 Å². The summed E-state index contributed by atoms with van der Waals surface area (Å²) < 4.78 is 0.